The first-order chi connectivity index (χ1) is 11.4. The maximum absolute atomic E-state index is 10.1. The fourth-order valence-corrected chi connectivity index (χ4v) is 5.27. The molecule has 4 nitrogen and oxygen atoms in total. The number of thiol groups is 2. The summed E-state index contributed by atoms with van der Waals surface area (Å²) < 4.78 is 3.25. The topological polar surface area (TPSA) is 80.3 Å². The van der Waals surface area contributed by atoms with Gasteiger partial charge in [-0.2, -0.15) is 25.3 Å². The molecular formula is C18H36O4S2Sn. The number of rotatable bonds is 10. The van der Waals surface area contributed by atoms with Crippen LogP contribution in [0.3, 0.4) is 0 Å². The predicted molar refractivity (Wildman–Crippen MR) is 110 cm³/mol. The van der Waals surface area contributed by atoms with Gasteiger partial charge in [-0.1, -0.05) is 27.7 Å². The summed E-state index contributed by atoms with van der Waals surface area (Å²) in [6.45, 7) is 10.9. The van der Waals surface area contributed by atoms with E-state index in [-0.39, 0.29) is 21.1 Å². The second-order valence-corrected chi connectivity index (χ2v) is 12.0. The van der Waals surface area contributed by atoms with Gasteiger partial charge in [0.15, 0.2) is 0 Å². The zero-order valence-corrected chi connectivity index (χ0v) is 21.3. The molecular weight excluding hydrogens is 463 g/mol. The van der Waals surface area contributed by atoms with Gasteiger partial charge in [-0.3, -0.25) is 0 Å². The molecule has 0 fully saturated rings. The Morgan fingerprint density at radius 2 is 1.08 bits per heavy atom. The fourth-order valence-electron chi connectivity index (χ4n) is 0.858. The Morgan fingerprint density at radius 1 is 0.800 bits per heavy atom. The molecule has 7 heteroatoms. The Balaban J connectivity index is -0.000000291. The summed E-state index contributed by atoms with van der Waals surface area (Å²) in [5.41, 5.74) is -1.58. The number of carbonyl (C=O) groups excluding carboxylic acids is 2. The molecule has 0 aromatic rings. The molecule has 0 aliphatic heterocycles. The summed E-state index contributed by atoms with van der Waals surface area (Å²) in [5.74, 6) is -1.47. The van der Waals surface area contributed by atoms with Gasteiger partial charge < -0.3 is 19.8 Å². The van der Waals surface area contributed by atoms with E-state index in [1.165, 1.54) is 25.7 Å². The van der Waals surface area contributed by atoms with Crippen LogP contribution in [0.5, 0.6) is 0 Å². The molecule has 0 aromatic heterocycles. The van der Waals surface area contributed by atoms with E-state index in [4.69, 9.17) is 0 Å². The number of unbranched alkanes of at least 4 members (excludes halogenated alkanes) is 2. The molecule has 0 aliphatic carbocycles. The van der Waals surface area contributed by atoms with Crippen LogP contribution >= 0.6 is 25.3 Å². The van der Waals surface area contributed by atoms with Gasteiger partial charge in [-0.15, -0.1) is 0 Å². The fraction of sp³-hybridized carbons (Fsp3) is 0.889. The quantitative estimate of drug-likeness (QED) is 0.275. The third-order valence-electron chi connectivity index (χ3n) is 3.31. The number of carboxylic acid groups (broad SMARTS) is 2. The van der Waals surface area contributed by atoms with Gasteiger partial charge in [0.05, 0.1) is 0 Å². The van der Waals surface area contributed by atoms with Gasteiger partial charge in [-0.25, -0.2) is 0 Å². The van der Waals surface area contributed by atoms with Crippen molar-refractivity contribution >= 4 is 58.3 Å². The van der Waals surface area contributed by atoms with Crippen LogP contribution in [-0.2, 0) is 9.59 Å². The van der Waals surface area contributed by atoms with Gasteiger partial charge in [-0.05, 0) is 0 Å². The van der Waals surface area contributed by atoms with Crippen molar-refractivity contribution in [1.82, 2.24) is 0 Å². The molecule has 0 atom stereocenters. The second kappa shape index (κ2) is 17.8. The number of hydrogen-bond acceptors (Lipinski definition) is 6. The maximum atomic E-state index is 10.1. The summed E-state index contributed by atoms with van der Waals surface area (Å²) >= 11 is 7.79. The average molecular weight is 499 g/mol. The third kappa shape index (κ3) is 20.6. The van der Waals surface area contributed by atoms with E-state index < -0.39 is 22.8 Å². The number of carbonyl (C=O) groups is 2. The normalized spacial score (nSPS) is 10.6. The van der Waals surface area contributed by atoms with Crippen molar-refractivity contribution in [2.75, 3.05) is 11.5 Å². The number of carboxylic acids is 2. The monoisotopic (exact) mass is 500 g/mol. The molecule has 148 valence electrons. The molecule has 0 rings (SSSR count). The molecule has 0 saturated heterocycles. The van der Waals surface area contributed by atoms with Crippen LogP contribution in [0.4, 0.5) is 0 Å². The Hall–Kier alpha value is 0.439. The molecule has 0 unspecified atom stereocenters. The van der Waals surface area contributed by atoms with Crippen LogP contribution in [0.1, 0.15) is 67.2 Å². The van der Waals surface area contributed by atoms with E-state index in [0.717, 1.165) is 0 Å². The first kappa shape index (κ1) is 30.2. The Morgan fingerprint density at radius 3 is 1.20 bits per heavy atom. The zero-order valence-electron chi connectivity index (χ0n) is 16.7. The summed E-state index contributed by atoms with van der Waals surface area (Å²) in [5, 5.41) is 20.2. The minimum absolute atomic E-state index is 0.149. The van der Waals surface area contributed by atoms with Crippen LogP contribution in [0.25, 0.3) is 0 Å². The Bertz CT molecular complexity index is 316. The van der Waals surface area contributed by atoms with Crippen molar-refractivity contribution in [3.05, 3.63) is 0 Å². The van der Waals surface area contributed by atoms with Gasteiger partial charge in [0.25, 0.3) is 0 Å². The van der Waals surface area contributed by atoms with Gasteiger partial charge in [0.1, 0.15) is 0 Å². The predicted octanol–water partition coefficient (Wildman–Crippen LogP) is 2.51. The molecule has 25 heavy (non-hydrogen) atoms. The molecule has 0 spiro atoms. The number of aliphatic carboxylic acids is 2. The van der Waals surface area contributed by atoms with Crippen molar-refractivity contribution < 1.29 is 19.8 Å². The summed E-state index contributed by atoms with van der Waals surface area (Å²) in [6, 6.07) is 0. The van der Waals surface area contributed by atoms with E-state index in [0.29, 0.717) is 11.5 Å². The first-order valence-electron chi connectivity index (χ1n) is 8.78. The van der Waals surface area contributed by atoms with E-state index in [1.807, 2.05) is 0 Å². The molecule has 0 aliphatic rings. The zero-order chi connectivity index (χ0) is 20.5. The van der Waals surface area contributed by atoms with Crippen LogP contribution in [0.15, 0.2) is 0 Å². The van der Waals surface area contributed by atoms with Crippen molar-refractivity contribution in [2.24, 2.45) is 10.8 Å². The van der Waals surface area contributed by atoms with Crippen LogP contribution in [0.2, 0.25) is 8.87 Å². The second-order valence-electron chi connectivity index (χ2n) is 7.12. The molecule has 0 amide bonds. The van der Waals surface area contributed by atoms with Crippen molar-refractivity contribution in [3.63, 3.8) is 0 Å². The third-order valence-corrected chi connectivity index (χ3v) is 8.93. The minimum atomic E-state index is -1.05. The van der Waals surface area contributed by atoms with Gasteiger partial charge in [0, 0.05) is 34.3 Å². The van der Waals surface area contributed by atoms with Crippen LogP contribution < -0.4 is 10.2 Å². The molecule has 0 aromatic carbocycles. The van der Waals surface area contributed by atoms with Gasteiger partial charge >= 0.3 is 69.5 Å². The number of hydrogen-bond donors (Lipinski definition) is 2. The SMILES string of the molecule is CC(C)(CS)C(=O)[O-].CC(C)(CS)C(=O)[O-].CCC[CH2][Sn+2][CH2]CCC. The molecule has 0 heterocycles. The Kier molecular flexibility index (Phi) is 21.5. The van der Waals surface area contributed by atoms with E-state index in [9.17, 15) is 19.8 Å². The molecule has 0 bridgehead atoms. The van der Waals surface area contributed by atoms with Gasteiger partial charge in [0.2, 0.25) is 0 Å². The first-order valence-corrected chi connectivity index (χ1v) is 14.1. The standard InChI is InChI=1S/2C5H10O2S.2C4H9.Sn/c2*1-5(2,3-8)4(6)7;2*1-3-4-2;/h2*8H,3H2,1-2H3,(H,6,7);2*1,3-4H2,2H3;/q;;;;+2/p-2. The summed E-state index contributed by atoms with van der Waals surface area (Å²) in [4.78, 5) is 20.2. The molecule has 0 saturated carbocycles. The Labute approximate surface area is 176 Å². The van der Waals surface area contributed by atoms with E-state index in [1.54, 1.807) is 36.6 Å². The van der Waals surface area contributed by atoms with E-state index >= 15 is 0 Å². The molecule has 0 radical (unpaired) electrons. The van der Waals surface area contributed by atoms with E-state index in [2.05, 4.69) is 39.1 Å². The van der Waals surface area contributed by atoms with Crippen molar-refractivity contribution in [1.29, 1.82) is 0 Å². The van der Waals surface area contributed by atoms with Crippen molar-refractivity contribution in [2.45, 2.75) is 76.1 Å². The van der Waals surface area contributed by atoms with Crippen LogP contribution in [-0.4, -0.2) is 44.6 Å². The summed E-state index contributed by atoms with van der Waals surface area (Å²) in [6.07, 6.45) is 5.84. The average Bonchev–Trinajstić information content (AvgIpc) is 2.55. The van der Waals surface area contributed by atoms with Crippen LogP contribution in [0, 0.1) is 10.8 Å². The van der Waals surface area contributed by atoms with Crippen molar-refractivity contribution in [3.8, 4) is 0 Å². The molecule has 0 N–H and O–H groups in total. The summed E-state index contributed by atoms with van der Waals surface area (Å²) in [7, 11) is 0.